The van der Waals surface area contributed by atoms with Crippen LogP contribution in [0.5, 0.6) is 5.75 Å². The molecule has 0 aliphatic carbocycles. The van der Waals surface area contributed by atoms with Crippen LogP contribution in [0, 0.1) is 0 Å². The van der Waals surface area contributed by atoms with E-state index in [9.17, 15) is 9.59 Å². The lowest BCUT2D eigenvalue weighted by Gasteiger charge is -2.11. The molecule has 4 heteroatoms. The van der Waals surface area contributed by atoms with Gasteiger partial charge in [0.2, 0.25) is 11.2 Å². The molecule has 0 spiro atoms. The molecule has 0 saturated heterocycles. The van der Waals surface area contributed by atoms with Crippen molar-refractivity contribution in [1.29, 1.82) is 0 Å². The Labute approximate surface area is 168 Å². The maximum atomic E-state index is 13.2. The number of ether oxygens (including phenoxy) is 1. The molecule has 0 amide bonds. The summed E-state index contributed by atoms with van der Waals surface area (Å²) in [6, 6.07) is 27.4. The molecule has 3 aromatic carbocycles. The van der Waals surface area contributed by atoms with Gasteiger partial charge in [-0.1, -0.05) is 91.0 Å². The zero-order valence-corrected chi connectivity index (χ0v) is 15.6. The third-order valence-corrected chi connectivity index (χ3v) is 4.49. The molecule has 0 saturated carbocycles. The third kappa shape index (κ3) is 4.01. The van der Waals surface area contributed by atoms with Crippen LogP contribution in [0.15, 0.2) is 106 Å². The van der Waals surface area contributed by atoms with Gasteiger partial charge in [0.15, 0.2) is 11.5 Å². The van der Waals surface area contributed by atoms with Crippen molar-refractivity contribution in [3.05, 3.63) is 124 Å². The van der Waals surface area contributed by atoms with Crippen molar-refractivity contribution in [2.24, 2.45) is 0 Å². The monoisotopic (exact) mass is 382 g/mol. The van der Waals surface area contributed by atoms with Crippen molar-refractivity contribution in [1.82, 2.24) is 0 Å². The van der Waals surface area contributed by atoms with Crippen molar-refractivity contribution >= 4 is 5.78 Å². The molecule has 0 fully saturated rings. The van der Waals surface area contributed by atoms with Crippen molar-refractivity contribution in [3.63, 3.8) is 0 Å². The van der Waals surface area contributed by atoms with Gasteiger partial charge in [0.1, 0.15) is 18.4 Å². The third-order valence-electron chi connectivity index (χ3n) is 4.49. The predicted molar refractivity (Wildman–Crippen MR) is 111 cm³/mol. The normalized spacial score (nSPS) is 10.5. The largest absolute Gasteiger partial charge is 0.481 e. The summed E-state index contributed by atoms with van der Waals surface area (Å²) in [5.41, 5.74) is 1.48. The van der Waals surface area contributed by atoms with Gasteiger partial charge in [-0.25, -0.2) is 0 Å². The minimum Gasteiger partial charge on any atom is -0.481 e. The average Bonchev–Trinajstić information content (AvgIpc) is 2.79. The smallest absolute Gasteiger partial charge is 0.238 e. The van der Waals surface area contributed by atoms with Gasteiger partial charge in [-0.15, -0.1) is 0 Å². The average molecular weight is 382 g/mol. The van der Waals surface area contributed by atoms with Gasteiger partial charge in [0.25, 0.3) is 0 Å². The lowest BCUT2D eigenvalue weighted by Crippen LogP contribution is -2.18. The Balaban J connectivity index is 1.78. The lowest BCUT2D eigenvalue weighted by molar-refractivity contribution is 0.103. The van der Waals surface area contributed by atoms with E-state index in [1.807, 2.05) is 66.7 Å². The summed E-state index contributed by atoms with van der Waals surface area (Å²) in [6.45, 7) is 0.189. The Bertz CT molecular complexity index is 1160. The molecule has 0 unspecified atom stereocenters. The van der Waals surface area contributed by atoms with Crippen LogP contribution < -0.4 is 10.2 Å². The molecular weight excluding hydrogens is 364 g/mol. The summed E-state index contributed by atoms with van der Waals surface area (Å²) >= 11 is 0. The fraction of sp³-hybridized carbons (Fsp3) is 0.0400. The lowest BCUT2D eigenvalue weighted by atomic mass is 10.0. The number of rotatable bonds is 6. The first-order chi connectivity index (χ1) is 14.2. The van der Waals surface area contributed by atoms with Crippen molar-refractivity contribution in [2.75, 3.05) is 0 Å². The summed E-state index contributed by atoms with van der Waals surface area (Å²) in [5.74, 6) is -0.0681. The van der Waals surface area contributed by atoms with Gasteiger partial charge < -0.3 is 9.15 Å². The van der Waals surface area contributed by atoms with Crippen molar-refractivity contribution < 1.29 is 13.9 Å². The number of carbonyl (C=O) groups excluding carboxylic acids is 1. The summed E-state index contributed by atoms with van der Waals surface area (Å²) in [6.07, 6.45) is 1.22. The number of hydrogen-bond donors (Lipinski definition) is 0. The Hall–Kier alpha value is -3.92. The van der Waals surface area contributed by atoms with Gasteiger partial charge in [-0.2, -0.15) is 0 Å². The van der Waals surface area contributed by atoms with Gasteiger partial charge in [-0.3, -0.25) is 9.59 Å². The minimum absolute atomic E-state index is 0.0295. The first-order valence-corrected chi connectivity index (χ1v) is 9.22. The molecule has 0 atom stereocenters. The van der Waals surface area contributed by atoms with E-state index in [4.69, 9.17) is 9.15 Å². The summed E-state index contributed by atoms with van der Waals surface area (Å²) < 4.78 is 11.6. The summed E-state index contributed by atoms with van der Waals surface area (Å²) in [7, 11) is 0. The molecule has 29 heavy (non-hydrogen) atoms. The maximum Gasteiger partial charge on any atom is 0.238 e. The molecule has 1 aromatic heterocycles. The number of carbonyl (C=O) groups is 1. The molecule has 0 N–H and O–H groups in total. The predicted octanol–water partition coefficient (Wildman–Crippen LogP) is 5.12. The van der Waals surface area contributed by atoms with E-state index in [2.05, 4.69) is 0 Å². The van der Waals surface area contributed by atoms with Crippen molar-refractivity contribution in [3.8, 4) is 17.1 Å². The molecule has 0 aliphatic rings. The molecule has 0 radical (unpaired) electrons. The molecule has 1 heterocycles. The Morgan fingerprint density at radius 1 is 0.793 bits per heavy atom. The van der Waals surface area contributed by atoms with Crippen LogP contribution in [0.3, 0.4) is 0 Å². The second-order valence-electron chi connectivity index (χ2n) is 6.47. The highest BCUT2D eigenvalue weighted by Gasteiger charge is 2.22. The van der Waals surface area contributed by atoms with E-state index in [1.165, 1.54) is 6.26 Å². The van der Waals surface area contributed by atoms with Gasteiger partial charge in [0.05, 0.1) is 0 Å². The molecule has 4 nitrogen and oxygen atoms in total. The molecule has 0 aliphatic heterocycles. The molecule has 4 rings (SSSR count). The highest BCUT2D eigenvalue weighted by Crippen LogP contribution is 2.28. The number of benzene rings is 3. The summed E-state index contributed by atoms with van der Waals surface area (Å²) in [5, 5.41) is 0. The van der Waals surface area contributed by atoms with Crippen molar-refractivity contribution in [2.45, 2.75) is 6.61 Å². The summed E-state index contributed by atoms with van der Waals surface area (Å²) in [4.78, 5) is 26.0. The molecule has 4 aromatic rings. The molecule has 142 valence electrons. The van der Waals surface area contributed by atoms with E-state index < -0.39 is 11.2 Å². The Morgan fingerprint density at radius 2 is 1.38 bits per heavy atom. The first-order valence-electron chi connectivity index (χ1n) is 9.22. The second-order valence-corrected chi connectivity index (χ2v) is 6.47. The highest BCUT2D eigenvalue weighted by atomic mass is 16.5. The number of ketones is 1. The van der Waals surface area contributed by atoms with E-state index in [0.717, 1.165) is 5.56 Å². The van der Waals surface area contributed by atoms with Crippen LogP contribution >= 0.6 is 0 Å². The standard InChI is InChI=1S/C25H18O4/c26-22(19-12-6-2-7-13-19)21-17-29-24(20-14-8-3-9-15-20)25(23(21)27)28-16-18-10-4-1-5-11-18/h1-15,17H,16H2. The SMILES string of the molecule is O=C(c1ccccc1)c1coc(-c2ccccc2)c(OCc2ccccc2)c1=O. The Kier molecular flexibility index (Phi) is 5.34. The maximum absolute atomic E-state index is 13.2. The van der Waals surface area contributed by atoms with E-state index >= 15 is 0 Å². The quantitative estimate of drug-likeness (QED) is 0.435. The van der Waals surface area contributed by atoms with Gasteiger partial charge in [0, 0.05) is 11.1 Å². The van der Waals surface area contributed by atoms with Crippen LogP contribution in [0.2, 0.25) is 0 Å². The van der Waals surface area contributed by atoms with Crippen LogP contribution in [-0.4, -0.2) is 5.78 Å². The zero-order chi connectivity index (χ0) is 20.1. The van der Waals surface area contributed by atoms with Crippen LogP contribution in [0.1, 0.15) is 21.5 Å². The van der Waals surface area contributed by atoms with Crippen LogP contribution in [0.25, 0.3) is 11.3 Å². The van der Waals surface area contributed by atoms with E-state index in [1.54, 1.807) is 24.3 Å². The van der Waals surface area contributed by atoms with Gasteiger partial charge in [-0.05, 0) is 5.56 Å². The van der Waals surface area contributed by atoms with E-state index in [0.29, 0.717) is 16.9 Å². The zero-order valence-electron chi connectivity index (χ0n) is 15.6. The van der Waals surface area contributed by atoms with E-state index in [-0.39, 0.29) is 17.9 Å². The fourth-order valence-electron chi connectivity index (χ4n) is 3.00. The highest BCUT2D eigenvalue weighted by molar-refractivity contribution is 6.09. The van der Waals surface area contributed by atoms with Gasteiger partial charge >= 0.3 is 0 Å². The first kappa shape index (κ1) is 18.4. The second kappa shape index (κ2) is 8.40. The van der Waals surface area contributed by atoms with Crippen LogP contribution in [0.4, 0.5) is 0 Å². The fourth-order valence-corrected chi connectivity index (χ4v) is 3.00. The Morgan fingerprint density at radius 3 is 2.03 bits per heavy atom. The minimum atomic E-state index is -0.486. The topological polar surface area (TPSA) is 56.5 Å². The molecular formula is C25H18O4. The molecule has 0 bridgehead atoms. The van der Waals surface area contributed by atoms with Crippen LogP contribution in [-0.2, 0) is 6.61 Å². The number of hydrogen-bond acceptors (Lipinski definition) is 4.